The fourth-order valence-corrected chi connectivity index (χ4v) is 1.68. The summed E-state index contributed by atoms with van der Waals surface area (Å²) < 4.78 is 5.41. The Morgan fingerprint density at radius 3 is 2.38 bits per heavy atom. The van der Waals surface area contributed by atoms with E-state index in [1.807, 2.05) is 13.8 Å². The summed E-state index contributed by atoms with van der Waals surface area (Å²) in [5.41, 5.74) is 4.90. The molecule has 1 fully saturated rings. The second-order valence-corrected chi connectivity index (χ2v) is 4.91. The van der Waals surface area contributed by atoms with Crippen LogP contribution in [0.4, 0.5) is 0 Å². The van der Waals surface area contributed by atoms with Crippen LogP contribution in [0.25, 0.3) is 0 Å². The molecule has 78 valence electrons. The normalized spacial score (nSPS) is 22.2. The average molecular weight is 187 g/mol. The zero-order valence-electron chi connectivity index (χ0n) is 8.68. The minimum Gasteiger partial charge on any atom is -0.387 e. The first-order valence-corrected chi connectivity index (χ1v) is 5.00. The molecule has 0 aromatic carbocycles. The van der Waals surface area contributed by atoms with Gasteiger partial charge in [0.2, 0.25) is 0 Å². The number of rotatable bonds is 4. The van der Waals surface area contributed by atoms with Gasteiger partial charge < -0.3 is 15.6 Å². The van der Waals surface area contributed by atoms with Gasteiger partial charge in [-0.1, -0.05) is 12.8 Å². The van der Waals surface area contributed by atoms with Gasteiger partial charge in [-0.15, -0.1) is 0 Å². The fraction of sp³-hybridized carbons (Fsp3) is 1.00. The Hall–Kier alpha value is -0.120. The van der Waals surface area contributed by atoms with E-state index in [-0.39, 0.29) is 5.54 Å². The average Bonchev–Trinajstić information content (AvgIpc) is 2.33. The fourth-order valence-electron chi connectivity index (χ4n) is 1.68. The van der Waals surface area contributed by atoms with Gasteiger partial charge in [-0.2, -0.15) is 0 Å². The number of aliphatic hydroxyl groups is 1. The molecule has 1 rings (SSSR count). The molecule has 1 aliphatic carbocycles. The lowest BCUT2D eigenvalue weighted by molar-refractivity contribution is -0.0496. The Balaban J connectivity index is 2.18. The summed E-state index contributed by atoms with van der Waals surface area (Å²) >= 11 is 0. The summed E-state index contributed by atoms with van der Waals surface area (Å²) in [6.45, 7) is 4.79. The molecular weight excluding hydrogens is 166 g/mol. The summed E-state index contributed by atoms with van der Waals surface area (Å²) in [4.78, 5) is 0. The van der Waals surface area contributed by atoms with E-state index in [2.05, 4.69) is 0 Å². The smallest absolute Gasteiger partial charge is 0.0880 e. The molecule has 0 radical (unpaired) electrons. The monoisotopic (exact) mass is 187 g/mol. The Labute approximate surface area is 80.3 Å². The lowest BCUT2D eigenvalue weighted by atomic mass is 10.0. The first kappa shape index (κ1) is 11.0. The topological polar surface area (TPSA) is 55.5 Å². The van der Waals surface area contributed by atoms with Crippen molar-refractivity contribution >= 4 is 0 Å². The van der Waals surface area contributed by atoms with Gasteiger partial charge in [-0.05, 0) is 26.7 Å². The SMILES string of the molecule is CC(C)(N)COCC1(O)CCCC1. The lowest BCUT2D eigenvalue weighted by Crippen LogP contribution is -2.40. The first-order valence-electron chi connectivity index (χ1n) is 5.00. The highest BCUT2D eigenvalue weighted by atomic mass is 16.5. The Morgan fingerprint density at radius 1 is 1.38 bits per heavy atom. The third kappa shape index (κ3) is 4.07. The van der Waals surface area contributed by atoms with Crippen molar-refractivity contribution in [1.82, 2.24) is 0 Å². The van der Waals surface area contributed by atoms with Crippen LogP contribution in [0, 0.1) is 0 Å². The molecule has 0 atom stereocenters. The van der Waals surface area contributed by atoms with Crippen LogP contribution >= 0.6 is 0 Å². The summed E-state index contributed by atoms with van der Waals surface area (Å²) in [5.74, 6) is 0. The van der Waals surface area contributed by atoms with Crippen LogP contribution in [-0.4, -0.2) is 29.5 Å². The molecule has 0 aliphatic heterocycles. The molecule has 0 amide bonds. The van der Waals surface area contributed by atoms with E-state index in [1.54, 1.807) is 0 Å². The van der Waals surface area contributed by atoms with Crippen molar-refractivity contribution in [3.8, 4) is 0 Å². The predicted molar refractivity (Wildman–Crippen MR) is 52.5 cm³/mol. The highest BCUT2D eigenvalue weighted by Crippen LogP contribution is 2.29. The van der Waals surface area contributed by atoms with Crippen LogP contribution in [0.2, 0.25) is 0 Å². The van der Waals surface area contributed by atoms with E-state index >= 15 is 0 Å². The third-order valence-electron chi connectivity index (χ3n) is 2.38. The van der Waals surface area contributed by atoms with Crippen LogP contribution in [0.5, 0.6) is 0 Å². The quantitative estimate of drug-likeness (QED) is 0.691. The van der Waals surface area contributed by atoms with Gasteiger partial charge in [0.25, 0.3) is 0 Å². The standard InChI is InChI=1S/C10H21NO2/c1-9(2,11)7-13-8-10(12)5-3-4-6-10/h12H,3-8,11H2,1-2H3. The van der Waals surface area contributed by atoms with Gasteiger partial charge in [-0.3, -0.25) is 0 Å². The van der Waals surface area contributed by atoms with E-state index in [0.717, 1.165) is 25.7 Å². The van der Waals surface area contributed by atoms with Gasteiger partial charge in [-0.25, -0.2) is 0 Å². The molecule has 3 N–H and O–H groups in total. The number of ether oxygens (including phenoxy) is 1. The molecule has 0 unspecified atom stereocenters. The molecule has 1 saturated carbocycles. The molecule has 13 heavy (non-hydrogen) atoms. The third-order valence-corrected chi connectivity index (χ3v) is 2.38. The van der Waals surface area contributed by atoms with Crippen molar-refractivity contribution in [2.45, 2.75) is 50.7 Å². The van der Waals surface area contributed by atoms with E-state index in [9.17, 15) is 5.11 Å². The van der Waals surface area contributed by atoms with Crippen molar-refractivity contribution in [2.75, 3.05) is 13.2 Å². The summed E-state index contributed by atoms with van der Waals surface area (Å²) in [6.07, 6.45) is 3.98. The first-order chi connectivity index (χ1) is 5.91. The molecule has 0 bridgehead atoms. The maximum atomic E-state index is 9.92. The zero-order valence-corrected chi connectivity index (χ0v) is 8.68. The molecule has 3 nitrogen and oxygen atoms in total. The van der Waals surface area contributed by atoms with Gasteiger partial charge in [0, 0.05) is 5.54 Å². The second-order valence-electron chi connectivity index (χ2n) is 4.91. The van der Waals surface area contributed by atoms with Crippen LogP contribution in [-0.2, 0) is 4.74 Å². The zero-order chi connectivity index (χ0) is 9.95. The van der Waals surface area contributed by atoms with Crippen molar-refractivity contribution in [3.63, 3.8) is 0 Å². The predicted octanol–water partition coefficient (Wildman–Crippen LogP) is 1.05. The van der Waals surface area contributed by atoms with Gasteiger partial charge in [0.05, 0.1) is 18.8 Å². The number of hydrogen-bond acceptors (Lipinski definition) is 3. The molecule has 0 aromatic heterocycles. The Morgan fingerprint density at radius 2 is 1.92 bits per heavy atom. The van der Waals surface area contributed by atoms with Crippen molar-refractivity contribution in [2.24, 2.45) is 5.73 Å². The van der Waals surface area contributed by atoms with Crippen LogP contribution in [0.15, 0.2) is 0 Å². The van der Waals surface area contributed by atoms with Crippen LogP contribution in [0.3, 0.4) is 0 Å². The van der Waals surface area contributed by atoms with Crippen molar-refractivity contribution in [3.05, 3.63) is 0 Å². The summed E-state index contributed by atoms with van der Waals surface area (Å²) in [6, 6.07) is 0. The molecule has 0 saturated heterocycles. The molecule has 3 heteroatoms. The molecule has 0 spiro atoms. The number of hydrogen-bond donors (Lipinski definition) is 2. The van der Waals surface area contributed by atoms with E-state index in [0.29, 0.717) is 13.2 Å². The largest absolute Gasteiger partial charge is 0.387 e. The van der Waals surface area contributed by atoms with Crippen molar-refractivity contribution in [1.29, 1.82) is 0 Å². The van der Waals surface area contributed by atoms with Crippen LogP contribution < -0.4 is 5.73 Å². The van der Waals surface area contributed by atoms with Crippen molar-refractivity contribution < 1.29 is 9.84 Å². The van der Waals surface area contributed by atoms with Crippen LogP contribution in [0.1, 0.15) is 39.5 Å². The highest BCUT2D eigenvalue weighted by Gasteiger charge is 2.31. The molecular formula is C10H21NO2. The second kappa shape index (κ2) is 3.95. The van der Waals surface area contributed by atoms with E-state index in [1.165, 1.54) is 0 Å². The van der Waals surface area contributed by atoms with E-state index in [4.69, 9.17) is 10.5 Å². The molecule has 1 aliphatic rings. The Kier molecular flexibility index (Phi) is 3.33. The summed E-state index contributed by atoms with van der Waals surface area (Å²) in [5, 5.41) is 9.92. The molecule has 0 heterocycles. The summed E-state index contributed by atoms with van der Waals surface area (Å²) in [7, 11) is 0. The van der Waals surface area contributed by atoms with Gasteiger partial charge in [0.15, 0.2) is 0 Å². The highest BCUT2D eigenvalue weighted by molar-refractivity contribution is 4.84. The minimum absolute atomic E-state index is 0.297. The number of nitrogens with two attached hydrogens (primary N) is 1. The minimum atomic E-state index is -0.564. The maximum Gasteiger partial charge on any atom is 0.0880 e. The molecule has 0 aromatic rings. The maximum absolute atomic E-state index is 9.92. The van der Waals surface area contributed by atoms with E-state index < -0.39 is 5.60 Å². The van der Waals surface area contributed by atoms with Gasteiger partial charge in [0.1, 0.15) is 0 Å². The lowest BCUT2D eigenvalue weighted by Gasteiger charge is -2.25. The Bertz CT molecular complexity index is 157. The van der Waals surface area contributed by atoms with Gasteiger partial charge >= 0.3 is 0 Å².